The Morgan fingerprint density at radius 1 is 1.40 bits per heavy atom. The molecule has 0 atom stereocenters. The van der Waals surface area contributed by atoms with Crippen molar-refractivity contribution in [2.24, 2.45) is 0 Å². The third-order valence-electron chi connectivity index (χ3n) is 2.70. The molecule has 110 valence electrons. The normalized spacial score (nSPS) is 11.8. The average Bonchev–Trinajstić information content (AvgIpc) is 2.95. The van der Waals surface area contributed by atoms with E-state index in [2.05, 4.69) is 70.4 Å². The molecule has 1 N–H and O–H groups in total. The molecule has 0 radical (unpaired) electrons. The highest BCUT2D eigenvalue weighted by molar-refractivity contribution is 9.11. The van der Waals surface area contributed by atoms with Crippen LogP contribution in [0.25, 0.3) is 0 Å². The molecular weight excluding hydrogens is 354 g/mol. The second kappa shape index (κ2) is 6.56. The number of rotatable bonds is 5. The zero-order valence-electron chi connectivity index (χ0n) is 12.2. The largest absolute Gasteiger partial charge is 0.347 e. The van der Waals surface area contributed by atoms with Crippen molar-refractivity contribution in [1.29, 1.82) is 0 Å². The van der Waals surface area contributed by atoms with Crippen LogP contribution in [0.1, 0.15) is 31.2 Å². The molecule has 0 saturated heterocycles. The Labute approximate surface area is 137 Å². The minimum Gasteiger partial charge on any atom is -0.347 e. The van der Waals surface area contributed by atoms with Crippen LogP contribution in [-0.2, 0) is 13.1 Å². The minimum absolute atomic E-state index is 0.138. The van der Waals surface area contributed by atoms with Crippen LogP contribution < -0.4 is 10.2 Å². The summed E-state index contributed by atoms with van der Waals surface area (Å²) in [4.78, 5) is 7.98. The van der Waals surface area contributed by atoms with Crippen molar-refractivity contribution >= 4 is 43.7 Å². The van der Waals surface area contributed by atoms with E-state index < -0.39 is 0 Å². The standard InChI is InChI=1S/C14H20BrN3S2/c1-14(2,3)17-7-11-6-16-13(20-11)18(4)8-10-5-12(15)19-9-10/h5-6,9,17H,7-8H2,1-4H3. The van der Waals surface area contributed by atoms with Gasteiger partial charge in [0.1, 0.15) is 0 Å². The Kier molecular flexibility index (Phi) is 5.23. The average molecular weight is 374 g/mol. The molecule has 20 heavy (non-hydrogen) atoms. The molecule has 6 heteroatoms. The molecule has 0 aliphatic carbocycles. The molecule has 0 unspecified atom stereocenters. The van der Waals surface area contributed by atoms with Gasteiger partial charge < -0.3 is 10.2 Å². The van der Waals surface area contributed by atoms with Crippen LogP contribution in [0.3, 0.4) is 0 Å². The third kappa shape index (κ3) is 4.84. The highest BCUT2D eigenvalue weighted by Gasteiger charge is 2.12. The molecule has 2 aromatic heterocycles. The number of nitrogens with one attached hydrogen (secondary N) is 1. The third-order valence-corrected chi connectivity index (χ3v) is 5.37. The summed E-state index contributed by atoms with van der Waals surface area (Å²) in [5.74, 6) is 0. The molecule has 0 aliphatic heterocycles. The summed E-state index contributed by atoms with van der Waals surface area (Å²) in [5.41, 5.74) is 1.45. The maximum Gasteiger partial charge on any atom is 0.185 e. The first-order chi connectivity index (χ1) is 9.33. The molecule has 0 aromatic carbocycles. The predicted molar refractivity (Wildman–Crippen MR) is 92.8 cm³/mol. The van der Waals surface area contributed by atoms with E-state index in [9.17, 15) is 0 Å². The molecule has 2 rings (SSSR count). The van der Waals surface area contributed by atoms with Crippen LogP contribution in [0, 0.1) is 0 Å². The highest BCUT2D eigenvalue weighted by Crippen LogP contribution is 2.26. The van der Waals surface area contributed by atoms with Gasteiger partial charge in [0.2, 0.25) is 0 Å². The number of nitrogens with zero attached hydrogens (tertiary/aromatic N) is 2. The minimum atomic E-state index is 0.138. The molecule has 0 fully saturated rings. The zero-order chi connectivity index (χ0) is 14.8. The first kappa shape index (κ1) is 15.9. The number of aromatic nitrogens is 1. The van der Waals surface area contributed by atoms with Crippen LogP contribution in [0.4, 0.5) is 5.13 Å². The monoisotopic (exact) mass is 373 g/mol. The fraction of sp³-hybridized carbons (Fsp3) is 0.500. The molecule has 3 nitrogen and oxygen atoms in total. The van der Waals surface area contributed by atoms with Gasteiger partial charge in [-0.3, -0.25) is 0 Å². The van der Waals surface area contributed by atoms with Crippen LogP contribution in [0.2, 0.25) is 0 Å². The Morgan fingerprint density at radius 2 is 2.15 bits per heavy atom. The van der Waals surface area contributed by atoms with E-state index in [1.807, 2.05) is 6.20 Å². The summed E-state index contributed by atoms with van der Waals surface area (Å²) in [6.07, 6.45) is 1.97. The highest BCUT2D eigenvalue weighted by atomic mass is 79.9. The van der Waals surface area contributed by atoms with Gasteiger partial charge in [-0.25, -0.2) is 4.98 Å². The van der Waals surface area contributed by atoms with Gasteiger partial charge in [0.15, 0.2) is 5.13 Å². The van der Waals surface area contributed by atoms with Gasteiger partial charge in [-0.1, -0.05) is 0 Å². The van der Waals surface area contributed by atoms with Crippen LogP contribution in [-0.4, -0.2) is 17.6 Å². The summed E-state index contributed by atoms with van der Waals surface area (Å²) in [6, 6.07) is 2.16. The molecule has 0 saturated carbocycles. The van der Waals surface area contributed by atoms with Gasteiger partial charge in [-0.05, 0) is 53.7 Å². The van der Waals surface area contributed by atoms with Crippen LogP contribution in [0.5, 0.6) is 0 Å². The quantitative estimate of drug-likeness (QED) is 0.836. The summed E-state index contributed by atoms with van der Waals surface area (Å²) in [5, 5.41) is 6.74. The van der Waals surface area contributed by atoms with Crippen molar-refractivity contribution in [3.63, 3.8) is 0 Å². The van der Waals surface area contributed by atoms with E-state index in [-0.39, 0.29) is 5.54 Å². The Morgan fingerprint density at radius 3 is 2.75 bits per heavy atom. The lowest BCUT2D eigenvalue weighted by Crippen LogP contribution is -2.34. The lowest BCUT2D eigenvalue weighted by atomic mass is 10.1. The topological polar surface area (TPSA) is 28.2 Å². The second-order valence-corrected chi connectivity index (χ2v) is 9.21. The SMILES string of the molecule is CN(Cc1csc(Br)c1)c1ncc(CNC(C)(C)C)s1. The van der Waals surface area contributed by atoms with Gasteiger partial charge in [-0.15, -0.1) is 22.7 Å². The smallest absolute Gasteiger partial charge is 0.185 e. The van der Waals surface area contributed by atoms with Crippen molar-refractivity contribution in [2.45, 2.75) is 39.4 Å². The van der Waals surface area contributed by atoms with Gasteiger partial charge in [0, 0.05) is 36.8 Å². The van der Waals surface area contributed by atoms with Crippen LogP contribution in [0.15, 0.2) is 21.4 Å². The number of thiophene rings is 1. The van der Waals surface area contributed by atoms with E-state index >= 15 is 0 Å². The lowest BCUT2D eigenvalue weighted by molar-refractivity contribution is 0.426. The fourth-order valence-electron chi connectivity index (χ4n) is 1.68. The summed E-state index contributed by atoms with van der Waals surface area (Å²) in [7, 11) is 2.09. The van der Waals surface area contributed by atoms with E-state index in [1.165, 1.54) is 14.2 Å². The second-order valence-electron chi connectivity index (χ2n) is 5.83. The van der Waals surface area contributed by atoms with Gasteiger partial charge in [0.25, 0.3) is 0 Å². The van der Waals surface area contributed by atoms with E-state index in [0.717, 1.165) is 18.2 Å². The first-order valence-corrected chi connectivity index (χ1v) is 8.96. The number of thiazole rings is 1. The summed E-state index contributed by atoms with van der Waals surface area (Å²) >= 11 is 6.97. The van der Waals surface area contributed by atoms with Crippen LogP contribution >= 0.6 is 38.6 Å². The Hall–Kier alpha value is -0.430. The van der Waals surface area contributed by atoms with E-state index in [1.54, 1.807) is 22.7 Å². The lowest BCUT2D eigenvalue weighted by Gasteiger charge is -2.19. The van der Waals surface area contributed by atoms with E-state index in [0.29, 0.717) is 0 Å². The molecule has 0 spiro atoms. The molecule has 0 aliphatic rings. The maximum absolute atomic E-state index is 4.52. The molecule has 0 bridgehead atoms. The predicted octanol–water partition coefficient (Wildman–Crippen LogP) is 4.49. The van der Waals surface area contributed by atoms with Gasteiger partial charge in [-0.2, -0.15) is 0 Å². The molecule has 0 amide bonds. The number of hydrogen-bond acceptors (Lipinski definition) is 5. The van der Waals surface area contributed by atoms with Crippen molar-refractivity contribution in [3.8, 4) is 0 Å². The van der Waals surface area contributed by atoms with Crippen molar-refractivity contribution in [1.82, 2.24) is 10.3 Å². The molecule has 2 aromatic rings. The van der Waals surface area contributed by atoms with Gasteiger partial charge in [0.05, 0.1) is 3.79 Å². The van der Waals surface area contributed by atoms with E-state index in [4.69, 9.17) is 0 Å². The fourth-order valence-corrected chi connectivity index (χ4v) is 3.69. The Balaban J connectivity index is 1.94. The summed E-state index contributed by atoms with van der Waals surface area (Å²) in [6.45, 7) is 8.29. The Bertz CT molecular complexity index is 557. The molecular formula is C14H20BrN3S2. The number of hydrogen-bond donors (Lipinski definition) is 1. The zero-order valence-corrected chi connectivity index (χ0v) is 15.5. The first-order valence-electron chi connectivity index (χ1n) is 6.47. The van der Waals surface area contributed by atoms with Crippen molar-refractivity contribution < 1.29 is 0 Å². The number of anilines is 1. The number of halogens is 1. The van der Waals surface area contributed by atoms with Crippen molar-refractivity contribution in [3.05, 3.63) is 31.9 Å². The van der Waals surface area contributed by atoms with Crippen molar-refractivity contribution in [2.75, 3.05) is 11.9 Å². The van der Waals surface area contributed by atoms with Gasteiger partial charge >= 0.3 is 0 Å². The maximum atomic E-state index is 4.52. The molecule has 2 heterocycles. The summed E-state index contributed by atoms with van der Waals surface area (Å²) < 4.78 is 1.18.